The number of nitrogens with zero attached hydrogens (tertiary/aromatic N) is 5. The van der Waals surface area contributed by atoms with E-state index >= 15 is 0 Å². The molecule has 0 radical (unpaired) electrons. The van der Waals surface area contributed by atoms with Gasteiger partial charge in [0, 0.05) is 51.2 Å². The van der Waals surface area contributed by atoms with E-state index in [2.05, 4.69) is 20.6 Å². The van der Waals surface area contributed by atoms with Crippen molar-refractivity contribution in [1.29, 1.82) is 0 Å². The lowest BCUT2D eigenvalue weighted by Crippen LogP contribution is -2.55. The van der Waals surface area contributed by atoms with E-state index in [9.17, 15) is 27.6 Å². The summed E-state index contributed by atoms with van der Waals surface area (Å²) < 4.78 is 41.5. The quantitative estimate of drug-likeness (QED) is 0.376. The van der Waals surface area contributed by atoms with Gasteiger partial charge in [-0.15, -0.1) is 0 Å². The molecule has 2 N–H and O–H groups in total. The summed E-state index contributed by atoms with van der Waals surface area (Å²) in [5, 5.41) is 5.64. The Morgan fingerprint density at radius 1 is 1.16 bits per heavy atom. The number of alkyl halides is 3. The van der Waals surface area contributed by atoms with Gasteiger partial charge in [-0.2, -0.15) is 13.2 Å². The lowest BCUT2D eigenvalue weighted by atomic mass is 9.75. The van der Waals surface area contributed by atoms with Crippen molar-refractivity contribution in [3.63, 3.8) is 0 Å². The Morgan fingerprint density at radius 2 is 1.84 bits per heavy atom. The third-order valence-electron chi connectivity index (χ3n) is 8.37. The lowest BCUT2D eigenvalue weighted by molar-refractivity contribution is -0.138. The Labute approximate surface area is 252 Å². The monoisotopic (exact) mass is 615 g/mol. The van der Waals surface area contributed by atoms with Crippen molar-refractivity contribution < 1.29 is 27.6 Å². The Morgan fingerprint density at radius 3 is 2.40 bits per heavy atom. The molecular weight excluding hydrogens is 583 g/mol. The molecule has 43 heavy (non-hydrogen) atoms. The highest BCUT2D eigenvalue weighted by molar-refractivity contribution is 7.81. The first-order chi connectivity index (χ1) is 20.5. The number of urea groups is 1. The van der Waals surface area contributed by atoms with Crippen LogP contribution < -0.4 is 20.4 Å². The fourth-order valence-corrected chi connectivity index (χ4v) is 6.31. The zero-order valence-electron chi connectivity index (χ0n) is 23.8. The van der Waals surface area contributed by atoms with Gasteiger partial charge in [0.1, 0.15) is 5.54 Å². The smallest absolute Gasteiger partial charge is 0.352 e. The molecule has 1 saturated carbocycles. The van der Waals surface area contributed by atoms with Gasteiger partial charge < -0.3 is 20.4 Å². The van der Waals surface area contributed by atoms with Gasteiger partial charge in [-0.3, -0.25) is 24.5 Å². The molecule has 0 atom stereocenters. The summed E-state index contributed by atoms with van der Waals surface area (Å²) in [6.07, 6.45) is 0.830. The van der Waals surface area contributed by atoms with Crippen LogP contribution in [0.4, 0.5) is 29.3 Å². The number of hydrogen-bond acceptors (Lipinski definition) is 6. The van der Waals surface area contributed by atoms with Gasteiger partial charge >= 0.3 is 12.2 Å². The van der Waals surface area contributed by atoms with Crippen molar-refractivity contribution in [3.8, 4) is 0 Å². The zero-order chi connectivity index (χ0) is 30.9. The van der Waals surface area contributed by atoms with Crippen LogP contribution in [0.2, 0.25) is 0 Å². The number of carbonyl (C=O) groups excluding carboxylic acids is 3. The fourth-order valence-electron chi connectivity index (χ4n) is 5.85. The van der Waals surface area contributed by atoms with Gasteiger partial charge in [0.25, 0.3) is 11.8 Å². The van der Waals surface area contributed by atoms with Crippen LogP contribution in [0.15, 0.2) is 41.5 Å². The number of halogens is 3. The summed E-state index contributed by atoms with van der Waals surface area (Å²) in [7, 11) is 2.95. The molecular formula is C29H32F3N7O3S. The third kappa shape index (κ3) is 5.67. The summed E-state index contributed by atoms with van der Waals surface area (Å²) in [6, 6.07) is 7.45. The van der Waals surface area contributed by atoms with E-state index in [1.165, 1.54) is 13.2 Å². The van der Waals surface area contributed by atoms with Crippen LogP contribution in [-0.2, 0) is 11.0 Å². The highest BCUT2D eigenvalue weighted by Crippen LogP contribution is 2.48. The average Bonchev–Trinajstić information content (AvgIpc) is 3.22. The molecule has 4 amide bonds. The van der Waals surface area contributed by atoms with Crippen LogP contribution in [0.1, 0.15) is 53.7 Å². The second-order valence-electron chi connectivity index (χ2n) is 10.9. The van der Waals surface area contributed by atoms with E-state index in [4.69, 9.17) is 12.2 Å². The van der Waals surface area contributed by atoms with Crippen molar-refractivity contribution in [3.05, 3.63) is 53.3 Å². The minimum Gasteiger partial charge on any atom is -0.352 e. The van der Waals surface area contributed by atoms with Crippen LogP contribution >= 0.6 is 12.2 Å². The molecule has 228 valence electrons. The highest BCUT2D eigenvalue weighted by atomic mass is 32.1. The Bertz CT molecular complexity index is 1450. The second kappa shape index (κ2) is 11.9. The molecule has 0 bridgehead atoms. The van der Waals surface area contributed by atoms with Gasteiger partial charge in [0.05, 0.1) is 23.1 Å². The van der Waals surface area contributed by atoms with E-state index in [-0.39, 0.29) is 34.3 Å². The second-order valence-corrected chi connectivity index (χ2v) is 11.3. The Hall–Kier alpha value is -4.07. The van der Waals surface area contributed by atoms with E-state index in [1.807, 2.05) is 0 Å². The Balaban J connectivity index is 1.31. The number of pyridine rings is 1. The minimum absolute atomic E-state index is 0.0526. The molecule has 3 aliphatic rings. The zero-order valence-corrected chi connectivity index (χ0v) is 24.6. The maximum Gasteiger partial charge on any atom is 0.418 e. The number of nitrogens with one attached hydrogen (secondary N) is 2. The summed E-state index contributed by atoms with van der Waals surface area (Å²) in [5.74, 6) is -0.390. The number of thiocarbonyl (C=S) groups is 1. The van der Waals surface area contributed by atoms with Gasteiger partial charge in [0.2, 0.25) is 0 Å². The number of piperidine rings is 1. The van der Waals surface area contributed by atoms with Crippen molar-refractivity contribution in [2.24, 2.45) is 10.9 Å². The molecule has 3 fully saturated rings. The van der Waals surface area contributed by atoms with E-state index in [0.29, 0.717) is 43.7 Å². The number of anilines is 2. The standard InChI is InChI=1S/C29H32F3N7O3S/c1-33-17-23-22(29(30,31)32)14-21(16-35-23)38-25(41)28(10-3-11-28)39(27(38)43)20-6-4-19(5-7-20)24(40)36-15-18-8-12-37(13-9-18)26(42)34-2/h4-7,14,16-18H,3,8-13,15H2,1-2H3,(H,34,42)(H,36,40)/b33-17-. The lowest BCUT2D eigenvalue weighted by Gasteiger charge is -2.43. The predicted octanol–water partition coefficient (Wildman–Crippen LogP) is 3.99. The fraction of sp³-hybridized carbons (Fsp3) is 0.448. The van der Waals surface area contributed by atoms with Gasteiger partial charge in [-0.25, -0.2) is 4.79 Å². The van der Waals surface area contributed by atoms with Crippen LogP contribution in [-0.4, -0.2) is 78.3 Å². The first-order valence-electron chi connectivity index (χ1n) is 14.0. The number of carbonyl (C=O) groups is 3. The Kier molecular flexibility index (Phi) is 8.41. The largest absolute Gasteiger partial charge is 0.418 e. The van der Waals surface area contributed by atoms with Crippen molar-refractivity contribution in [1.82, 2.24) is 20.5 Å². The van der Waals surface area contributed by atoms with Gasteiger partial charge in [-0.1, -0.05) is 0 Å². The molecule has 10 nitrogen and oxygen atoms in total. The van der Waals surface area contributed by atoms with Gasteiger partial charge in [0.15, 0.2) is 5.11 Å². The molecule has 2 aliphatic heterocycles. The normalized spacial score (nSPS) is 18.9. The number of rotatable bonds is 6. The molecule has 1 aromatic carbocycles. The number of hydrogen-bond donors (Lipinski definition) is 2. The minimum atomic E-state index is -4.71. The van der Waals surface area contributed by atoms with E-state index in [0.717, 1.165) is 36.4 Å². The SMILES string of the molecule is C/N=C\c1ncc(N2C(=O)C3(CCC3)N(c3ccc(C(=O)NCC4CCN(C(=O)NC)CC4)cc3)C2=S)cc1C(F)(F)F. The van der Waals surface area contributed by atoms with Crippen LogP contribution in [0.5, 0.6) is 0 Å². The molecule has 1 aliphatic carbocycles. The number of amides is 4. The van der Waals surface area contributed by atoms with Crippen molar-refractivity contribution in [2.45, 2.75) is 43.8 Å². The molecule has 2 saturated heterocycles. The molecule has 3 heterocycles. The maximum absolute atomic E-state index is 13.8. The molecule has 14 heteroatoms. The number of benzene rings is 1. The van der Waals surface area contributed by atoms with Crippen LogP contribution in [0.25, 0.3) is 0 Å². The molecule has 0 unspecified atom stereocenters. The summed E-state index contributed by atoms with van der Waals surface area (Å²) in [6.45, 7) is 1.75. The summed E-state index contributed by atoms with van der Waals surface area (Å²) in [4.78, 5) is 50.5. The van der Waals surface area contributed by atoms with Crippen molar-refractivity contribution >= 4 is 52.8 Å². The first kappa shape index (κ1) is 30.4. The molecule has 2 aromatic rings. The topological polar surface area (TPSA) is 110 Å². The van der Waals surface area contributed by atoms with E-state index in [1.54, 1.807) is 41.1 Å². The number of aliphatic imine (C=N–C) groups is 1. The molecule has 5 rings (SSSR count). The van der Waals surface area contributed by atoms with Crippen LogP contribution in [0, 0.1) is 5.92 Å². The summed E-state index contributed by atoms with van der Waals surface area (Å²) >= 11 is 5.69. The number of likely N-dealkylation sites (tertiary alicyclic amines) is 1. The van der Waals surface area contributed by atoms with Crippen molar-refractivity contribution in [2.75, 3.05) is 43.5 Å². The third-order valence-corrected chi connectivity index (χ3v) is 8.73. The number of aromatic nitrogens is 1. The first-order valence-corrected chi connectivity index (χ1v) is 14.4. The summed E-state index contributed by atoms with van der Waals surface area (Å²) in [5.41, 5.74) is -1.45. The average molecular weight is 616 g/mol. The maximum atomic E-state index is 13.8. The van der Waals surface area contributed by atoms with Gasteiger partial charge in [-0.05, 0) is 80.6 Å². The predicted molar refractivity (Wildman–Crippen MR) is 159 cm³/mol. The van der Waals surface area contributed by atoms with Crippen LogP contribution in [0.3, 0.4) is 0 Å². The van der Waals surface area contributed by atoms with E-state index < -0.39 is 23.2 Å². The molecule has 1 spiro atoms. The highest BCUT2D eigenvalue weighted by Gasteiger charge is 2.59. The molecule has 1 aromatic heterocycles.